The van der Waals surface area contributed by atoms with Crippen LogP contribution in [0.5, 0.6) is 0 Å². The third kappa shape index (κ3) is 2.45. The summed E-state index contributed by atoms with van der Waals surface area (Å²) in [6, 6.07) is 11.8. The van der Waals surface area contributed by atoms with Crippen molar-refractivity contribution in [1.82, 2.24) is 15.0 Å². The molecule has 2 heterocycles. The maximum absolute atomic E-state index is 9.21. The van der Waals surface area contributed by atoms with Crippen molar-refractivity contribution in [3.05, 3.63) is 54.1 Å². The Hall–Kier alpha value is -2.87. The number of nitriles is 1. The quantitative estimate of drug-likeness (QED) is 0.758. The van der Waals surface area contributed by atoms with Gasteiger partial charge in [0.1, 0.15) is 17.7 Å². The summed E-state index contributed by atoms with van der Waals surface area (Å²) in [5.74, 6) is 1.54. The number of rotatable bonds is 4. The van der Waals surface area contributed by atoms with Gasteiger partial charge >= 0.3 is 0 Å². The van der Waals surface area contributed by atoms with E-state index in [4.69, 9.17) is 0 Å². The van der Waals surface area contributed by atoms with Gasteiger partial charge in [0.2, 0.25) is 0 Å². The monoisotopic (exact) mass is 263 g/mol. The van der Waals surface area contributed by atoms with Gasteiger partial charge in [0, 0.05) is 30.7 Å². The molecule has 2 aromatic heterocycles. The Morgan fingerprint density at radius 3 is 3.00 bits per heavy atom. The number of fused-ring (bicyclic) bond motifs is 1. The Kier molecular flexibility index (Phi) is 3.29. The van der Waals surface area contributed by atoms with Gasteiger partial charge in [-0.3, -0.25) is 0 Å². The number of pyridine rings is 1. The molecule has 0 unspecified atom stereocenters. The summed E-state index contributed by atoms with van der Waals surface area (Å²) in [5.41, 5.74) is 1.44. The number of nitrogens with one attached hydrogen (secondary N) is 2. The van der Waals surface area contributed by atoms with Crippen molar-refractivity contribution in [2.45, 2.75) is 6.42 Å². The van der Waals surface area contributed by atoms with Crippen LogP contribution in [-0.2, 0) is 6.42 Å². The number of aromatic nitrogens is 3. The molecular formula is C15H13N5. The van der Waals surface area contributed by atoms with E-state index < -0.39 is 0 Å². The molecule has 0 atom stereocenters. The van der Waals surface area contributed by atoms with Crippen LogP contribution in [0.25, 0.3) is 10.9 Å². The number of nitrogens with zero attached hydrogens (tertiary/aromatic N) is 3. The average molecular weight is 263 g/mol. The molecule has 0 aliphatic rings. The normalized spacial score (nSPS) is 10.3. The summed E-state index contributed by atoms with van der Waals surface area (Å²) in [4.78, 5) is 11.7. The predicted octanol–water partition coefficient (Wildman–Crippen LogP) is 2.48. The van der Waals surface area contributed by atoms with Crippen LogP contribution in [0.15, 0.2) is 42.7 Å². The fourth-order valence-electron chi connectivity index (χ4n) is 2.07. The molecule has 2 N–H and O–H groups in total. The number of aromatic amines is 1. The van der Waals surface area contributed by atoms with E-state index in [0.717, 1.165) is 23.1 Å². The van der Waals surface area contributed by atoms with Gasteiger partial charge in [-0.1, -0.05) is 18.2 Å². The summed E-state index contributed by atoms with van der Waals surface area (Å²) >= 11 is 0. The maximum atomic E-state index is 9.21. The van der Waals surface area contributed by atoms with Crippen LogP contribution in [0, 0.1) is 11.3 Å². The molecule has 5 nitrogen and oxygen atoms in total. The largest absolute Gasteiger partial charge is 0.369 e. The lowest BCUT2D eigenvalue weighted by atomic mass is 10.1. The minimum Gasteiger partial charge on any atom is -0.369 e. The Bertz CT molecular complexity index is 756. The molecule has 98 valence electrons. The lowest BCUT2D eigenvalue weighted by Gasteiger charge is -2.08. The van der Waals surface area contributed by atoms with Crippen molar-refractivity contribution in [3.63, 3.8) is 0 Å². The number of hydrogen-bond acceptors (Lipinski definition) is 4. The number of H-pyrrole nitrogens is 1. The molecule has 5 heteroatoms. The summed E-state index contributed by atoms with van der Waals surface area (Å²) < 4.78 is 0. The van der Waals surface area contributed by atoms with E-state index >= 15 is 0 Å². The van der Waals surface area contributed by atoms with Crippen LogP contribution in [0.1, 0.15) is 11.4 Å². The summed E-state index contributed by atoms with van der Waals surface area (Å²) in [7, 11) is 0. The molecule has 0 saturated heterocycles. The van der Waals surface area contributed by atoms with Crippen molar-refractivity contribution >= 4 is 16.7 Å². The van der Waals surface area contributed by atoms with Gasteiger partial charge in [-0.25, -0.2) is 9.97 Å². The molecule has 0 bridgehead atoms. The topological polar surface area (TPSA) is 77.4 Å². The molecule has 0 aliphatic heterocycles. The standard InChI is InChI=1S/C15H13N5/c16-10-12-9-11-3-1-2-4-13(11)20-15(12)19-6-5-14-17-7-8-18-14/h1-4,7-9H,5-6H2,(H,17,18)(H,19,20). The van der Waals surface area contributed by atoms with E-state index in [0.29, 0.717) is 17.9 Å². The molecule has 3 aromatic rings. The summed E-state index contributed by atoms with van der Waals surface area (Å²) in [5, 5.41) is 13.4. The van der Waals surface area contributed by atoms with Crippen molar-refractivity contribution in [2.24, 2.45) is 0 Å². The molecule has 3 rings (SSSR count). The van der Waals surface area contributed by atoms with Gasteiger partial charge in [0.25, 0.3) is 0 Å². The first-order chi connectivity index (χ1) is 9.86. The number of para-hydroxylation sites is 1. The van der Waals surface area contributed by atoms with Gasteiger partial charge in [0.05, 0.1) is 11.1 Å². The highest BCUT2D eigenvalue weighted by Crippen LogP contribution is 2.19. The first-order valence-corrected chi connectivity index (χ1v) is 6.39. The van der Waals surface area contributed by atoms with Gasteiger partial charge < -0.3 is 10.3 Å². The number of anilines is 1. The Morgan fingerprint density at radius 1 is 1.30 bits per heavy atom. The molecular weight excluding hydrogens is 250 g/mol. The minimum absolute atomic E-state index is 0.558. The van der Waals surface area contributed by atoms with Crippen LogP contribution in [0.4, 0.5) is 5.82 Å². The minimum atomic E-state index is 0.558. The van der Waals surface area contributed by atoms with E-state index in [-0.39, 0.29) is 0 Å². The van der Waals surface area contributed by atoms with Crippen LogP contribution < -0.4 is 5.32 Å². The van der Waals surface area contributed by atoms with Crippen LogP contribution in [0.2, 0.25) is 0 Å². The van der Waals surface area contributed by atoms with Crippen LogP contribution in [0.3, 0.4) is 0 Å². The molecule has 0 saturated carbocycles. The highest BCUT2D eigenvalue weighted by molar-refractivity contribution is 5.82. The number of benzene rings is 1. The van der Waals surface area contributed by atoms with Crippen LogP contribution in [-0.4, -0.2) is 21.5 Å². The molecule has 0 fully saturated rings. The van der Waals surface area contributed by atoms with Gasteiger partial charge in [-0.05, 0) is 12.1 Å². The van der Waals surface area contributed by atoms with Crippen LogP contribution >= 0.6 is 0 Å². The lowest BCUT2D eigenvalue weighted by Crippen LogP contribution is -2.08. The summed E-state index contributed by atoms with van der Waals surface area (Å²) in [6.45, 7) is 0.674. The van der Waals surface area contributed by atoms with Crippen molar-refractivity contribution in [1.29, 1.82) is 5.26 Å². The smallest absolute Gasteiger partial charge is 0.144 e. The molecule has 20 heavy (non-hydrogen) atoms. The fourth-order valence-corrected chi connectivity index (χ4v) is 2.07. The van der Waals surface area contributed by atoms with Gasteiger partial charge in [-0.2, -0.15) is 5.26 Å². The number of imidazole rings is 1. The van der Waals surface area contributed by atoms with Gasteiger partial charge in [-0.15, -0.1) is 0 Å². The zero-order chi connectivity index (χ0) is 13.8. The fraction of sp³-hybridized carbons (Fsp3) is 0.133. The maximum Gasteiger partial charge on any atom is 0.144 e. The number of hydrogen-bond donors (Lipinski definition) is 2. The summed E-state index contributed by atoms with van der Waals surface area (Å²) in [6.07, 6.45) is 4.28. The molecule has 0 amide bonds. The van der Waals surface area contributed by atoms with E-state index in [1.165, 1.54) is 0 Å². The average Bonchev–Trinajstić information content (AvgIpc) is 3.00. The second-order valence-electron chi connectivity index (χ2n) is 4.40. The molecule has 0 radical (unpaired) electrons. The van der Waals surface area contributed by atoms with Gasteiger partial charge in [0.15, 0.2) is 0 Å². The SMILES string of the molecule is N#Cc1cc2ccccc2nc1NCCc1ncc[nH]1. The molecule has 0 spiro atoms. The van der Waals surface area contributed by atoms with E-state index in [1.807, 2.05) is 30.3 Å². The Balaban J connectivity index is 1.81. The predicted molar refractivity (Wildman–Crippen MR) is 77.2 cm³/mol. The third-order valence-electron chi connectivity index (χ3n) is 3.05. The highest BCUT2D eigenvalue weighted by Gasteiger charge is 2.06. The van der Waals surface area contributed by atoms with Crippen molar-refractivity contribution in [2.75, 3.05) is 11.9 Å². The van der Waals surface area contributed by atoms with Crippen molar-refractivity contribution < 1.29 is 0 Å². The first kappa shape index (κ1) is 12.2. The first-order valence-electron chi connectivity index (χ1n) is 6.39. The second kappa shape index (κ2) is 5.41. The lowest BCUT2D eigenvalue weighted by molar-refractivity contribution is 0.922. The zero-order valence-corrected chi connectivity index (χ0v) is 10.8. The zero-order valence-electron chi connectivity index (χ0n) is 10.8. The van der Waals surface area contributed by atoms with E-state index in [9.17, 15) is 5.26 Å². The molecule has 0 aliphatic carbocycles. The highest BCUT2D eigenvalue weighted by atomic mass is 15.0. The molecule has 1 aromatic carbocycles. The third-order valence-corrected chi connectivity index (χ3v) is 3.05. The van der Waals surface area contributed by atoms with E-state index in [1.54, 1.807) is 12.4 Å². The Morgan fingerprint density at radius 2 is 2.20 bits per heavy atom. The Labute approximate surface area is 116 Å². The van der Waals surface area contributed by atoms with Crippen molar-refractivity contribution in [3.8, 4) is 6.07 Å². The van der Waals surface area contributed by atoms with E-state index in [2.05, 4.69) is 26.3 Å². The second-order valence-corrected chi connectivity index (χ2v) is 4.40.